The highest BCUT2D eigenvalue weighted by molar-refractivity contribution is 9.10. The van der Waals surface area contributed by atoms with Crippen LogP contribution >= 0.6 is 15.9 Å². The van der Waals surface area contributed by atoms with E-state index >= 15 is 0 Å². The van der Waals surface area contributed by atoms with Crippen molar-refractivity contribution >= 4 is 32.7 Å². The first-order valence-electron chi connectivity index (χ1n) is 6.24. The second-order valence-corrected chi connectivity index (χ2v) is 5.03. The van der Waals surface area contributed by atoms with Crippen molar-refractivity contribution in [3.05, 3.63) is 40.8 Å². The monoisotopic (exact) mass is 347 g/mol. The fourth-order valence-corrected chi connectivity index (χ4v) is 2.35. The van der Waals surface area contributed by atoms with Crippen molar-refractivity contribution in [3.8, 4) is 11.6 Å². The average molecular weight is 348 g/mol. The molecule has 3 rings (SSSR count). The number of hydrogen-bond donors (Lipinski definition) is 0. The summed E-state index contributed by atoms with van der Waals surface area (Å²) in [5, 5.41) is 5.56. The highest BCUT2D eigenvalue weighted by Gasteiger charge is 2.17. The second kappa shape index (κ2) is 5.61. The van der Waals surface area contributed by atoms with Gasteiger partial charge in [0, 0.05) is 16.1 Å². The molecule has 0 aliphatic carbocycles. The van der Waals surface area contributed by atoms with Gasteiger partial charge < -0.3 is 9.26 Å². The summed E-state index contributed by atoms with van der Waals surface area (Å²) in [6.45, 7) is 1.96. The van der Waals surface area contributed by atoms with Gasteiger partial charge in [-0.15, -0.1) is 0 Å². The van der Waals surface area contributed by atoms with Crippen molar-refractivity contribution in [2.45, 2.75) is 6.92 Å². The lowest BCUT2D eigenvalue weighted by atomic mass is 10.1. The van der Waals surface area contributed by atoms with E-state index < -0.39 is 5.97 Å². The Morgan fingerprint density at radius 3 is 3.10 bits per heavy atom. The summed E-state index contributed by atoms with van der Waals surface area (Å²) in [4.78, 5) is 19.8. The van der Waals surface area contributed by atoms with Gasteiger partial charge >= 0.3 is 5.97 Å². The normalized spacial score (nSPS) is 10.8. The molecule has 0 aliphatic heterocycles. The van der Waals surface area contributed by atoms with Crippen molar-refractivity contribution in [2.75, 3.05) is 6.61 Å². The zero-order valence-corrected chi connectivity index (χ0v) is 12.6. The van der Waals surface area contributed by atoms with Crippen LogP contribution in [-0.2, 0) is 4.74 Å². The van der Waals surface area contributed by atoms with E-state index in [1.807, 2.05) is 24.3 Å². The van der Waals surface area contributed by atoms with Crippen molar-refractivity contribution in [1.82, 2.24) is 15.1 Å². The lowest BCUT2D eigenvalue weighted by Gasteiger charge is -2.01. The van der Waals surface area contributed by atoms with Crippen molar-refractivity contribution < 1.29 is 14.1 Å². The van der Waals surface area contributed by atoms with E-state index in [-0.39, 0.29) is 18.3 Å². The predicted molar refractivity (Wildman–Crippen MR) is 78.7 cm³/mol. The van der Waals surface area contributed by atoms with Gasteiger partial charge in [-0.25, -0.2) is 4.79 Å². The number of ether oxygens (including phenoxy) is 1. The highest BCUT2D eigenvalue weighted by Crippen LogP contribution is 2.26. The van der Waals surface area contributed by atoms with E-state index in [1.165, 1.54) is 0 Å². The molecule has 106 valence electrons. The molecule has 21 heavy (non-hydrogen) atoms. The van der Waals surface area contributed by atoms with Gasteiger partial charge in [0.2, 0.25) is 0 Å². The average Bonchev–Trinajstić information content (AvgIpc) is 2.98. The molecule has 0 spiro atoms. The van der Waals surface area contributed by atoms with Crippen LogP contribution in [0.15, 0.2) is 39.5 Å². The molecule has 0 N–H and O–H groups in total. The molecule has 0 saturated heterocycles. The van der Waals surface area contributed by atoms with Crippen LogP contribution in [0.25, 0.3) is 22.4 Å². The van der Waals surface area contributed by atoms with Gasteiger partial charge in [0.25, 0.3) is 11.7 Å². The van der Waals surface area contributed by atoms with Crippen LogP contribution in [0.4, 0.5) is 0 Å². The molecule has 7 heteroatoms. The SMILES string of the molecule is CCOC(=O)c1noc(-c2cc3c(Br)cccc3cn2)n1. The predicted octanol–water partition coefficient (Wildman–Crippen LogP) is 3.22. The number of pyridine rings is 1. The summed E-state index contributed by atoms with van der Waals surface area (Å²) in [5.74, 6) is -0.550. The van der Waals surface area contributed by atoms with Crippen LogP contribution in [-0.4, -0.2) is 27.7 Å². The number of aromatic nitrogens is 3. The van der Waals surface area contributed by atoms with Crippen LogP contribution in [0.2, 0.25) is 0 Å². The van der Waals surface area contributed by atoms with E-state index in [0.29, 0.717) is 5.69 Å². The number of esters is 1. The van der Waals surface area contributed by atoms with Gasteiger partial charge in [-0.2, -0.15) is 4.98 Å². The Balaban J connectivity index is 2.01. The number of nitrogens with zero attached hydrogens (tertiary/aromatic N) is 3. The van der Waals surface area contributed by atoms with Gasteiger partial charge in [-0.05, 0) is 29.6 Å². The molecule has 0 amide bonds. The molecule has 2 aromatic heterocycles. The molecular formula is C14H10BrN3O3. The van der Waals surface area contributed by atoms with Crippen LogP contribution in [0.1, 0.15) is 17.5 Å². The Kier molecular flexibility index (Phi) is 3.66. The van der Waals surface area contributed by atoms with Crippen molar-refractivity contribution in [1.29, 1.82) is 0 Å². The third-order valence-electron chi connectivity index (χ3n) is 2.81. The molecule has 0 aliphatic rings. The van der Waals surface area contributed by atoms with Gasteiger partial charge in [0.15, 0.2) is 0 Å². The Hall–Kier alpha value is -2.28. The van der Waals surface area contributed by atoms with Crippen LogP contribution in [0.5, 0.6) is 0 Å². The summed E-state index contributed by atoms with van der Waals surface area (Å²) in [7, 11) is 0. The number of rotatable bonds is 3. The Labute approximate surface area is 128 Å². The van der Waals surface area contributed by atoms with E-state index in [4.69, 9.17) is 9.26 Å². The number of carbonyl (C=O) groups excluding carboxylic acids is 1. The number of hydrogen-bond acceptors (Lipinski definition) is 6. The number of carbonyl (C=O) groups is 1. The third-order valence-corrected chi connectivity index (χ3v) is 3.51. The van der Waals surface area contributed by atoms with Crippen molar-refractivity contribution in [3.63, 3.8) is 0 Å². The van der Waals surface area contributed by atoms with Crippen molar-refractivity contribution in [2.24, 2.45) is 0 Å². The molecule has 0 bridgehead atoms. The van der Waals surface area contributed by atoms with Gasteiger partial charge in [-0.1, -0.05) is 28.1 Å². The summed E-state index contributed by atoms with van der Waals surface area (Å²) >= 11 is 3.48. The summed E-state index contributed by atoms with van der Waals surface area (Å²) in [6, 6.07) is 7.64. The first-order valence-corrected chi connectivity index (χ1v) is 7.04. The Morgan fingerprint density at radius 1 is 1.43 bits per heavy atom. The second-order valence-electron chi connectivity index (χ2n) is 4.17. The number of fused-ring (bicyclic) bond motifs is 1. The molecule has 6 nitrogen and oxygen atoms in total. The fraction of sp³-hybridized carbons (Fsp3) is 0.143. The third kappa shape index (κ3) is 2.64. The smallest absolute Gasteiger partial charge is 0.379 e. The summed E-state index contributed by atoms with van der Waals surface area (Å²) in [6.07, 6.45) is 1.71. The number of benzene rings is 1. The molecular weight excluding hydrogens is 338 g/mol. The molecule has 0 unspecified atom stereocenters. The lowest BCUT2D eigenvalue weighted by molar-refractivity contribution is 0.0508. The lowest BCUT2D eigenvalue weighted by Crippen LogP contribution is -2.06. The minimum absolute atomic E-state index is 0.110. The Bertz CT molecular complexity index is 816. The first kappa shape index (κ1) is 13.7. The van der Waals surface area contributed by atoms with Crippen LogP contribution in [0, 0.1) is 0 Å². The van der Waals surface area contributed by atoms with Gasteiger partial charge in [0.1, 0.15) is 5.69 Å². The molecule has 0 saturated carbocycles. The highest BCUT2D eigenvalue weighted by atomic mass is 79.9. The molecule has 0 atom stereocenters. The Morgan fingerprint density at radius 2 is 2.29 bits per heavy atom. The fourth-order valence-electron chi connectivity index (χ4n) is 1.85. The maximum absolute atomic E-state index is 11.5. The topological polar surface area (TPSA) is 78.1 Å². The minimum atomic E-state index is -0.616. The maximum Gasteiger partial charge on any atom is 0.379 e. The van der Waals surface area contributed by atoms with Gasteiger partial charge in [0.05, 0.1) is 6.61 Å². The summed E-state index contributed by atoms with van der Waals surface area (Å²) < 4.78 is 10.8. The van der Waals surface area contributed by atoms with E-state index in [9.17, 15) is 4.79 Å². The first-order chi connectivity index (χ1) is 10.2. The largest absolute Gasteiger partial charge is 0.460 e. The zero-order valence-electron chi connectivity index (χ0n) is 11.0. The summed E-state index contributed by atoms with van der Waals surface area (Å²) in [5.41, 5.74) is 0.498. The molecule has 1 aromatic carbocycles. The molecule has 3 aromatic rings. The van der Waals surface area contributed by atoms with E-state index in [1.54, 1.807) is 13.1 Å². The maximum atomic E-state index is 11.5. The molecule has 0 radical (unpaired) electrons. The quantitative estimate of drug-likeness (QED) is 0.677. The van der Waals surface area contributed by atoms with Gasteiger partial charge in [-0.3, -0.25) is 4.98 Å². The minimum Gasteiger partial charge on any atom is -0.460 e. The van der Waals surface area contributed by atoms with E-state index in [0.717, 1.165) is 15.2 Å². The zero-order chi connectivity index (χ0) is 14.8. The standard InChI is InChI=1S/C14H10BrN3O3/c1-2-20-14(19)12-17-13(21-18-12)11-6-9-8(7-16-11)4-3-5-10(9)15/h3-7H,2H2,1H3. The molecule has 0 fully saturated rings. The van der Waals surface area contributed by atoms with Crippen LogP contribution < -0.4 is 0 Å². The number of halogens is 1. The van der Waals surface area contributed by atoms with E-state index in [2.05, 4.69) is 31.1 Å². The molecule has 2 heterocycles. The van der Waals surface area contributed by atoms with Crippen LogP contribution in [0.3, 0.4) is 0 Å².